The van der Waals surface area contributed by atoms with E-state index in [2.05, 4.69) is 17.6 Å². The molecule has 2 aromatic rings. The monoisotopic (exact) mass is 440 g/mol. The molecule has 1 aliphatic heterocycles. The number of hydrogen-bond donors (Lipinski definition) is 2. The first-order valence-electron chi connectivity index (χ1n) is 11.8. The molecule has 0 aromatic heterocycles. The van der Waals surface area contributed by atoms with E-state index in [-0.39, 0.29) is 18.6 Å². The third kappa shape index (κ3) is 8.42. The topological polar surface area (TPSA) is 68.8 Å². The maximum absolute atomic E-state index is 12.4. The number of amides is 1. The molecule has 0 aliphatic carbocycles. The van der Waals surface area contributed by atoms with E-state index >= 15 is 0 Å². The third-order valence-corrected chi connectivity index (χ3v) is 5.43. The molecule has 0 spiro atoms. The predicted octanol–water partition coefficient (Wildman–Crippen LogP) is 5.64. The average Bonchev–Trinajstić information content (AvgIpc) is 3.34. The number of benzene rings is 2. The lowest BCUT2D eigenvalue weighted by molar-refractivity contribution is -0.114. The zero-order valence-corrected chi connectivity index (χ0v) is 19.1. The molecule has 3 rings (SSSR count). The van der Waals surface area contributed by atoms with Crippen molar-refractivity contribution in [1.82, 2.24) is 0 Å². The van der Waals surface area contributed by atoms with Gasteiger partial charge in [0, 0.05) is 12.3 Å². The number of carbonyl (C=O) groups excluding carboxylic acids is 1. The van der Waals surface area contributed by atoms with E-state index in [1.807, 2.05) is 48.5 Å². The van der Waals surface area contributed by atoms with Crippen LogP contribution in [0.1, 0.15) is 51.9 Å². The van der Waals surface area contributed by atoms with Crippen molar-refractivity contribution < 1.29 is 19.0 Å². The maximum atomic E-state index is 12.4. The Morgan fingerprint density at radius 2 is 1.84 bits per heavy atom. The zero-order valence-electron chi connectivity index (χ0n) is 19.1. The fourth-order valence-electron chi connectivity index (χ4n) is 3.60. The molecule has 2 aromatic carbocycles. The molecule has 1 fully saturated rings. The number of carbonyl (C=O) groups is 1. The van der Waals surface area contributed by atoms with Gasteiger partial charge in [-0.2, -0.15) is 0 Å². The van der Waals surface area contributed by atoms with Gasteiger partial charge in [0.1, 0.15) is 18.1 Å². The molecule has 1 saturated heterocycles. The molecule has 1 aliphatic rings. The Balaban J connectivity index is 1.38. The Morgan fingerprint density at radius 3 is 2.62 bits per heavy atom. The highest BCUT2D eigenvalue weighted by Crippen LogP contribution is 2.25. The second-order valence-corrected chi connectivity index (χ2v) is 8.13. The van der Waals surface area contributed by atoms with Crippen LogP contribution in [0.25, 0.3) is 0 Å². The number of rotatable bonds is 14. The van der Waals surface area contributed by atoms with E-state index in [0.717, 1.165) is 43.9 Å². The summed E-state index contributed by atoms with van der Waals surface area (Å²) in [6.45, 7) is 4.42. The van der Waals surface area contributed by atoms with Crippen LogP contribution in [0.4, 0.5) is 11.4 Å². The van der Waals surface area contributed by atoms with Crippen molar-refractivity contribution >= 4 is 17.3 Å². The van der Waals surface area contributed by atoms with Gasteiger partial charge in [-0.25, -0.2) is 0 Å². The van der Waals surface area contributed by atoms with Crippen molar-refractivity contribution in [2.24, 2.45) is 0 Å². The van der Waals surface area contributed by atoms with E-state index in [1.165, 1.54) is 25.7 Å². The Hall–Kier alpha value is -2.73. The lowest BCUT2D eigenvalue weighted by atomic mass is 10.2. The normalized spacial score (nSPS) is 15.3. The van der Waals surface area contributed by atoms with Gasteiger partial charge in [-0.15, -0.1) is 0 Å². The number of ether oxygens (including phenoxy) is 3. The smallest absolute Gasteiger partial charge is 0.243 e. The number of nitrogens with one attached hydrogen (secondary N) is 2. The van der Waals surface area contributed by atoms with Crippen molar-refractivity contribution in [3.05, 3.63) is 48.5 Å². The Morgan fingerprint density at radius 1 is 1.03 bits per heavy atom. The van der Waals surface area contributed by atoms with E-state index in [1.54, 1.807) is 0 Å². The molecule has 0 saturated carbocycles. The fraction of sp³-hybridized carbons (Fsp3) is 0.500. The van der Waals surface area contributed by atoms with Crippen molar-refractivity contribution in [2.75, 3.05) is 37.0 Å². The third-order valence-electron chi connectivity index (χ3n) is 5.43. The minimum atomic E-state index is -0.134. The summed E-state index contributed by atoms with van der Waals surface area (Å²) in [7, 11) is 0. The van der Waals surface area contributed by atoms with Gasteiger partial charge in [-0.05, 0) is 55.7 Å². The van der Waals surface area contributed by atoms with Gasteiger partial charge >= 0.3 is 0 Å². The Kier molecular flexibility index (Phi) is 10.2. The average molecular weight is 441 g/mol. The molecule has 6 heteroatoms. The van der Waals surface area contributed by atoms with Crippen LogP contribution in [0, 0.1) is 0 Å². The second kappa shape index (κ2) is 13.6. The van der Waals surface area contributed by atoms with Crippen molar-refractivity contribution in [2.45, 2.75) is 58.0 Å². The van der Waals surface area contributed by atoms with Crippen molar-refractivity contribution in [1.29, 1.82) is 0 Å². The number of anilines is 2. The second-order valence-electron chi connectivity index (χ2n) is 8.13. The van der Waals surface area contributed by atoms with Gasteiger partial charge in [0.25, 0.3) is 0 Å². The highest BCUT2D eigenvalue weighted by Gasteiger charge is 2.17. The predicted molar refractivity (Wildman–Crippen MR) is 129 cm³/mol. The summed E-state index contributed by atoms with van der Waals surface area (Å²) in [5.41, 5.74) is 1.54. The highest BCUT2D eigenvalue weighted by atomic mass is 16.5. The maximum Gasteiger partial charge on any atom is 0.243 e. The summed E-state index contributed by atoms with van der Waals surface area (Å²) in [5, 5.41) is 6.07. The molecular formula is C26H36N2O4. The molecule has 0 bridgehead atoms. The van der Waals surface area contributed by atoms with Crippen molar-refractivity contribution in [3.8, 4) is 11.5 Å². The molecule has 32 heavy (non-hydrogen) atoms. The first-order chi connectivity index (χ1) is 15.7. The van der Waals surface area contributed by atoms with Crippen LogP contribution in [0.3, 0.4) is 0 Å². The van der Waals surface area contributed by atoms with Gasteiger partial charge in [0.15, 0.2) is 0 Å². The van der Waals surface area contributed by atoms with Crippen LogP contribution in [0.5, 0.6) is 11.5 Å². The van der Waals surface area contributed by atoms with Crippen LogP contribution in [0.15, 0.2) is 48.5 Å². The summed E-state index contributed by atoms with van der Waals surface area (Å²) >= 11 is 0. The molecule has 1 unspecified atom stereocenters. The quantitative estimate of drug-likeness (QED) is 0.372. The molecule has 1 heterocycles. The molecule has 2 N–H and O–H groups in total. The number of unbranched alkanes of at least 4 members (excludes halogenated alkanes) is 4. The summed E-state index contributed by atoms with van der Waals surface area (Å²) in [4.78, 5) is 12.4. The summed E-state index contributed by atoms with van der Waals surface area (Å²) < 4.78 is 17.3. The Bertz CT molecular complexity index is 804. The van der Waals surface area contributed by atoms with Crippen LogP contribution in [-0.4, -0.2) is 38.4 Å². The number of hydrogen-bond acceptors (Lipinski definition) is 5. The molecular weight excluding hydrogens is 404 g/mol. The van der Waals surface area contributed by atoms with Gasteiger partial charge < -0.3 is 24.8 Å². The van der Waals surface area contributed by atoms with Gasteiger partial charge in [0.05, 0.1) is 24.9 Å². The molecule has 0 radical (unpaired) electrons. The zero-order chi connectivity index (χ0) is 22.4. The molecule has 174 valence electrons. The fourth-order valence-corrected chi connectivity index (χ4v) is 3.60. The van der Waals surface area contributed by atoms with Crippen LogP contribution >= 0.6 is 0 Å². The van der Waals surface area contributed by atoms with E-state index in [4.69, 9.17) is 14.2 Å². The number of para-hydroxylation sites is 2. The van der Waals surface area contributed by atoms with Crippen molar-refractivity contribution in [3.63, 3.8) is 0 Å². The van der Waals surface area contributed by atoms with E-state index in [9.17, 15) is 4.79 Å². The van der Waals surface area contributed by atoms with Crippen LogP contribution in [0.2, 0.25) is 0 Å². The first-order valence-corrected chi connectivity index (χ1v) is 11.8. The molecule has 6 nitrogen and oxygen atoms in total. The summed E-state index contributed by atoms with van der Waals surface area (Å²) in [6, 6.07) is 15.2. The molecule has 1 atom stereocenters. The lowest BCUT2D eigenvalue weighted by Gasteiger charge is -2.15. The van der Waals surface area contributed by atoms with E-state index in [0.29, 0.717) is 18.0 Å². The molecule has 1 amide bonds. The minimum Gasteiger partial charge on any atom is -0.494 e. The van der Waals surface area contributed by atoms with E-state index < -0.39 is 0 Å². The van der Waals surface area contributed by atoms with Gasteiger partial charge in [-0.1, -0.05) is 44.7 Å². The first kappa shape index (κ1) is 23.9. The Labute approximate surface area is 191 Å². The van der Waals surface area contributed by atoms with Gasteiger partial charge in [0.2, 0.25) is 5.91 Å². The summed E-state index contributed by atoms with van der Waals surface area (Å²) in [5.74, 6) is 1.38. The SMILES string of the molecule is CCCCCCCOc1ccc(NCC(=O)Nc2ccccc2OCC2CCCO2)cc1. The summed E-state index contributed by atoms with van der Waals surface area (Å²) in [6.07, 6.45) is 8.34. The lowest BCUT2D eigenvalue weighted by Crippen LogP contribution is -2.22. The van der Waals surface area contributed by atoms with Gasteiger partial charge in [-0.3, -0.25) is 4.79 Å². The van der Waals surface area contributed by atoms with Crippen LogP contribution < -0.4 is 20.1 Å². The largest absolute Gasteiger partial charge is 0.494 e. The minimum absolute atomic E-state index is 0.133. The standard InChI is InChI=1S/C26H36N2O4/c1-2-3-4-5-8-17-30-22-15-13-21(14-16-22)27-19-26(29)28-24-11-6-7-12-25(24)32-20-23-10-9-18-31-23/h6-7,11-16,23,27H,2-5,8-10,17-20H2,1H3,(H,28,29). The van der Waals surface area contributed by atoms with Crippen LogP contribution in [-0.2, 0) is 9.53 Å². The highest BCUT2D eigenvalue weighted by molar-refractivity contribution is 5.95.